The van der Waals surface area contributed by atoms with Crippen molar-refractivity contribution in [3.8, 4) is 0 Å². The molecule has 0 aliphatic carbocycles. The van der Waals surface area contributed by atoms with Crippen LogP contribution in [0, 0.1) is 0 Å². The fourth-order valence-corrected chi connectivity index (χ4v) is 1.62. The van der Waals surface area contributed by atoms with Crippen LogP contribution in [-0.2, 0) is 6.18 Å². The Morgan fingerprint density at radius 3 is 2.50 bits per heavy atom. The standard InChI is InChI=1S/C13H13F3N4/c14-13(15,16)11-6-7-18-12(20-11)19-8-10(17)9-4-2-1-3-5-9/h1-7,10H,8,17H2,(H,18,19,20). The monoisotopic (exact) mass is 282 g/mol. The molecule has 0 aliphatic rings. The van der Waals surface area contributed by atoms with Gasteiger partial charge in [0.1, 0.15) is 5.69 Å². The third kappa shape index (κ3) is 3.67. The summed E-state index contributed by atoms with van der Waals surface area (Å²) in [6.07, 6.45) is -3.42. The van der Waals surface area contributed by atoms with Crippen LogP contribution in [0.3, 0.4) is 0 Å². The van der Waals surface area contributed by atoms with E-state index < -0.39 is 11.9 Å². The first kappa shape index (κ1) is 14.3. The number of rotatable bonds is 4. The van der Waals surface area contributed by atoms with Crippen LogP contribution in [0.5, 0.6) is 0 Å². The maximum absolute atomic E-state index is 12.5. The zero-order valence-electron chi connectivity index (χ0n) is 10.4. The Morgan fingerprint density at radius 1 is 1.15 bits per heavy atom. The van der Waals surface area contributed by atoms with Gasteiger partial charge in [0.2, 0.25) is 5.95 Å². The number of alkyl halides is 3. The van der Waals surface area contributed by atoms with Crippen LogP contribution >= 0.6 is 0 Å². The molecule has 0 radical (unpaired) electrons. The first-order chi connectivity index (χ1) is 9.47. The summed E-state index contributed by atoms with van der Waals surface area (Å²) in [5, 5.41) is 2.71. The number of halogens is 3. The summed E-state index contributed by atoms with van der Waals surface area (Å²) in [4.78, 5) is 7.15. The van der Waals surface area contributed by atoms with Crippen molar-refractivity contribution in [1.29, 1.82) is 0 Å². The molecule has 1 unspecified atom stereocenters. The summed E-state index contributed by atoms with van der Waals surface area (Å²) in [5.74, 6) is -0.0915. The first-order valence-electron chi connectivity index (χ1n) is 5.91. The molecule has 7 heteroatoms. The van der Waals surface area contributed by atoms with Crippen molar-refractivity contribution in [1.82, 2.24) is 9.97 Å². The van der Waals surface area contributed by atoms with Gasteiger partial charge in [-0.25, -0.2) is 9.97 Å². The molecule has 0 amide bonds. The Labute approximate surface area is 113 Å². The number of nitrogens with one attached hydrogen (secondary N) is 1. The van der Waals surface area contributed by atoms with Crippen molar-refractivity contribution >= 4 is 5.95 Å². The molecule has 0 spiro atoms. The minimum absolute atomic E-state index is 0.0915. The maximum Gasteiger partial charge on any atom is 0.433 e. The molecular weight excluding hydrogens is 269 g/mol. The van der Waals surface area contributed by atoms with Gasteiger partial charge in [-0.15, -0.1) is 0 Å². The Bertz CT molecular complexity index is 557. The number of anilines is 1. The van der Waals surface area contributed by atoms with Crippen LogP contribution in [0.2, 0.25) is 0 Å². The SMILES string of the molecule is NC(CNc1nccc(C(F)(F)F)n1)c1ccccc1. The van der Waals surface area contributed by atoms with Crippen LogP contribution < -0.4 is 11.1 Å². The van der Waals surface area contributed by atoms with E-state index in [9.17, 15) is 13.2 Å². The van der Waals surface area contributed by atoms with E-state index in [4.69, 9.17) is 5.73 Å². The van der Waals surface area contributed by atoms with E-state index in [0.717, 1.165) is 17.8 Å². The predicted octanol–water partition coefficient (Wildman–Crippen LogP) is 2.61. The fraction of sp³-hybridized carbons (Fsp3) is 0.231. The average Bonchev–Trinajstić information content (AvgIpc) is 2.45. The van der Waals surface area contributed by atoms with Gasteiger partial charge < -0.3 is 11.1 Å². The second-order valence-corrected chi connectivity index (χ2v) is 4.16. The maximum atomic E-state index is 12.5. The van der Waals surface area contributed by atoms with Gasteiger partial charge in [0.05, 0.1) is 0 Å². The van der Waals surface area contributed by atoms with E-state index in [1.807, 2.05) is 30.3 Å². The molecule has 0 aliphatic heterocycles. The van der Waals surface area contributed by atoms with Crippen molar-refractivity contribution < 1.29 is 13.2 Å². The minimum Gasteiger partial charge on any atom is -0.352 e. The Morgan fingerprint density at radius 2 is 1.85 bits per heavy atom. The van der Waals surface area contributed by atoms with Gasteiger partial charge in [-0.2, -0.15) is 13.2 Å². The van der Waals surface area contributed by atoms with Gasteiger partial charge in [-0.3, -0.25) is 0 Å². The van der Waals surface area contributed by atoms with Crippen molar-refractivity contribution in [2.45, 2.75) is 12.2 Å². The number of nitrogens with two attached hydrogens (primary N) is 1. The van der Waals surface area contributed by atoms with E-state index in [1.54, 1.807) is 0 Å². The molecule has 4 nitrogen and oxygen atoms in total. The predicted molar refractivity (Wildman–Crippen MR) is 68.9 cm³/mol. The zero-order chi connectivity index (χ0) is 14.6. The molecule has 3 N–H and O–H groups in total. The Balaban J connectivity index is 2.01. The van der Waals surface area contributed by atoms with Gasteiger partial charge in [-0.1, -0.05) is 30.3 Å². The van der Waals surface area contributed by atoms with Gasteiger partial charge in [0.25, 0.3) is 0 Å². The van der Waals surface area contributed by atoms with Gasteiger partial charge in [0.15, 0.2) is 0 Å². The molecule has 1 aromatic carbocycles. The van der Waals surface area contributed by atoms with Crippen LogP contribution in [0.25, 0.3) is 0 Å². The smallest absolute Gasteiger partial charge is 0.352 e. The van der Waals surface area contributed by atoms with Crippen molar-refractivity contribution in [2.24, 2.45) is 5.73 Å². The average molecular weight is 282 g/mol. The van der Waals surface area contributed by atoms with Crippen molar-refractivity contribution in [2.75, 3.05) is 11.9 Å². The number of aromatic nitrogens is 2. The lowest BCUT2D eigenvalue weighted by atomic mass is 10.1. The van der Waals surface area contributed by atoms with Crippen LogP contribution in [-0.4, -0.2) is 16.5 Å². The second-order valence-electron chi connectivity index (χ2n) is 4.16. The number of benzene rings is 1. The number of hydrogen-bond acceptors (Lipinski definition) is 4. The molecule has 0 saturated heterocycles. The van der Waals surface area contributed by atoms with Crippen LogP contribution in [0.15, 0.2) is 42.6 Å². The molecule has 1 atom stereocenters. The zero-order valence-corrected chi connectivity index (χ0v) is 10.4. The van der Waals surface area contributed by atoms with Gasteiger partial charge in [-0.05, 0) is 11.6 Å². The molecule has 0 bridgehead atoms. The lowest BCUT2D eigenvalue weighted by Gasteiger charge is -2.13. The molecule has 1 aromatic heterocycles. The normalized spacial score (nSPS) is 13.0. The summed E-state index contributed by atoms with van der Waals surface area (Å²) in [5.41, 5.74) is 5.82. The van der Waals surface area contributed by atoms with E-state index >= 15 is 0 Å². The molecule has 0 fully saturated rings. The Hall–Kier alpha value is -2.15. The lowest BCUT2D eigenvalue weighted by molar-refractivity contribution is -0.141. The lowest BCUT2D eigenvalue weighted by Crippen LogP contribution is -2.22. The van der Waals surface area contributed by atoms with Gasteiger partial charge in [0, 0.05) is 18.8 Å². The number of nitrogens with zero attached hydrogens (tertiary/aromatic N) is 2. The van der Waals surface area contributed by atoms with Crippen molar-refractivity contribution in [3.05, 3.63) is 53.9 Å². The highest BCUT2D eigenvalue weighted by Crippen LogP contribution is 2.27. The molecule has 1 heterocycles. The molecule has 2 aromatic rings. The molecular formula is C13H13F3N4. The van der Waals surface area contributed by atoms with E-state index in [2.05, 4.69) is 15.3 Å². The largest absolute Gasteiger partial charge is 0.433 e. The highest BCUT2D eigenvalue weighted by Gasteiger charge is 2.32. The number of hydrogen-bond donors (Lipinski definition) is 2. The van der Waals surface area contributed by atoms with E-state index in [0.29, 0.717) is 0 Å². The summed E-state index contributed by atoms with van der Waals surface area (Å²) in [7, 11) is 0. The summed E-state index contributed by atoms with van der Waals surface area (Å²) in [6.45, 7) is 0.241. The highest BCUT2D eigenvalue weighted by atomic mass is 19.4. The van der Waals surface area contributed by atoms with Crippen LogP contribution in [0.1, 0.15) is 17.3 Å². The second kappa shape index (κ2) is 5.87. The Kier molecular flexibility index (Phi) is 4.19. The topological polar surface area (TPSA) is 63.8 Å². The molecule has 2 rings (SSSR count). The highest BCUT2D eigenvalue weighted by molar-refractivity contribution is 5.28. The molecule has 0 saturated carbocycles. The minimum atomic E-state index is -4.49. The summed E-state index contributed by atoms with van der Waals surface area (Å²) < 4.78 is 37.5. The van der Waals surface area contributed by atoms with Gasteiger partial charge >= 0.3 is 6.18 Å². The quantitative estimate of drug-likeness (QED) is 0.904. The van der Waals surface area contributed by atoms with E-state index in [-0.39, 0.29) is 18.5 Å². The molecule has 20 heavy (non-hydrogen) atoms. The van der Waals surface area contributed by atoms with Crippen LogP contribution in [0.4, 0.5) is 19.1 Å². The van der Waals surface area contributed by atoms with Crippen molar-refractivity contribution in [3.63, 3.8) is 0 Å². The first-order valence-corrected chi connectivity index (χ1v) is 5.91. The third-order valence-corrected chi connectivity index (χ3v) is 2.65. The molecule has 106 valence electrons. The fourth-order valence-electron chi connectivity index (χ4n) is 1.62. The summed E-state index contributed by atoms with van der Waals surface area (Å²) >= 11 is 0. The van der Waals surface area contributed by atoms with E-state index in [1.165, 1.54) is 0 Å². The third-order valence-electron chi connectivity index (χ3n) is 2.65. The summed E-state index contributed by atoms with van der Waals surface area (Å²) in [6, 6.07) is 9.71.